The third kappa shape index (κ3) is 2.87. The predicted molar refractivity (Wildman–Crippen MR) is 69.0 cm³/mol. The van der Waals surface area contributed by atoms with E-state index in [1.54, 1.807) is 22.7 Å². The summed E-state index contributed by atoms with van der Waals surface area (Å²) < 4.78 is 0. The maximum absolute atomic E-state index is 4.41. The second kappa shape index (κ2) is 5.03. The molecule has 0 aliphatic heterocycles. The number of nitrogens with zero attached hydrogens (tertiary/aromatic N) is 2. The second-order valence-electron chi connectivity index (χ2n) is 3.69. The number of aryl methyl sites for hydroxylation is 3. The van der Waals surface area contributed by atoms with Crippen LogP contribution in [0.15, 0.2) is 6.20 Å². The highest BCUT2D eigenvalue weighted by molar-refractivity contribution is 7.11. The number of hydrogen-bond donors (Lipinski definition) is 1. The lowest BCUT2D eigenvalue weighted by molar-refractivity contribution is 0.704. The van der Waals surface area contributed by atoms with E-state index in [2.05, 4.69) is 22.2 Å². The first-order valence-corrected chi connectivity index (χ1v) is 6.83. The Balaban J connectivity index is 1.86. The van der Waals surface area contributed by atoms with Crippen LogP contribution in [0.3, 0.4) is 0 Å². The quantitative estimate of drug-likeness (QED) is 0.910. The molecule has 2 aromatic heterocycles. The minimum Gasteiger partial charge on any atom is -0.307 e. The molecular formula is C11H15N3S2. The van der Waals surface area contributed by atoms with Crippen molar-refractivity contribution in [2.45, 2.75) is 33.9 Å². The van der Waals surface area contributed by atoms with Gasteiger partial charge in [-0.1, -0.05) is 0 Å². The maximum atomic E-state index is 4.41. The molecule has 0 aliphatic rings. The van der Waals surface area contributed by atoms with Crippen molar-refractivity contribution in [1.82, 2.24) is 15.3 Å². The Kier molecular flexibility index (Phi) is 3.68. The van der Waals surface area contributed by atoms with Crippen LogP contribution in [0.4, 0.5) is 0 Å². The lowest BCUT2D eigenvalue weighted by Crippen LogP contribution is -2.11. The summed E-state index contributed by atoms with van der Waals surface area (Å²) in [6.45, 7) is 7.94. The highest BCUT2D eigenvalue weighted by Gasteiger charge is 2.04. The van der Waals surface area contributed by atoms with Gasteiger partial charge in [0.1, 0.15) is 0 Å². The summed E-state index contributed by atoms with van der Waals surface area (Å²) in [6, 6.07) is 0. The molecule has 0 aliphatic carbocycles. The minimum absolute atomic E-state index is 0.891. The molecule has 0 fully saturated rings. The van der Waals surface area contributed by atoms with Gasteiger partial charge in [-0.05, 0) is 20.8 Å². The van der Waals surface area contributed by atoms with E-state index in [1.807, 2.05) is 20.0 Å². The molecule has 0 spiro atoms. The maximum Gasteiger partial charge on any atom is 0.0900 e. The SMILES string of the molecule is Cc1ncc(CNCc2sc(C)nc2C)s1. The van der Waals surface area contributed by atoms with E-state index in [-0.39, 0.29) is 0 Å². The van der Waals surface area contributed by atoms with Crippen molar-refractivity contribution in [3.8, 4) is 0 Å². The average Bonchev–Trinajstić information content (AvgIpc) is 2.74. The summed E-state index contributed by atoms with van der Waals surface area (Å²) in [4.78, 5) is 11.3. The first-order chi connectivity index (χ1) is 7.65. The van der Waals surface area contributed by atoms with Crippen LogP contribution in [0.25, 0.3) is 0 Å². The van der Waals surface area contributed by atoms with Gasteiger partial charge in [-0.2, -0.15) is 0 Å². The summed E-state index contributed by atoms with van der Waals surface area (Å²) >= 11 is 3.52. The van der Waals surface area contributed by atoms with Crippen LogP contribution >= 0.6 is 22.7 Å². The molecule has 2 aromatic rings. The summed E-state index contributed by atoms with van der Waals surface area (Å²) in [5.74, 6) is 0. The molecule has 3 nitrogen and oxygen atoms in total. The Morgan fingerprint density at radius 1 is 1.12 bits per heavy atom. The Hall–Kier alpha value is -0.780. The largest absolute Gasteiger partial charge is 0.307 e. The molecule has 16 heavy (non-hydrogen) atoms. The first-order valence-electron chi connectivity index (χ1n) is 5.20. The van der Waals surface area contributed by atoms with Crippen LogP contribution in [0.2, 0.25) is 0 Å². The van der Waals surface area contributed by atoms with E-state index in [0.29, 0.717) is 0 Å². The van der Waals surface area contributed by atoms with Crippen molar-refractivity contribution in [3.05, 3.63) is 31.7 Å². The molecular weight excluding hydrogens is 238 g/mol. The van der Waals surface area contributed by atoms with E-state index < -0.39 is 0 Å². The Labute approximate surface area is 104 Å². The van der Waals surface area contributed by atoms with Crippen molar-refractivity contribution in [1.29, 1.82) is 0 Å². The average molecular weight is 253 g/mol. The van der Waals surface area contributed by atoms with Gasteiger partial charge in [0.05, 0.1) is 15.7 Å². The van der Waals surface area contributed by atoms with Crippen molar-refractivity contribution in [2.24, 2.45) is 0 Å². The Morgan fingerprint density at radius 2 is 1.94 bits per heavy atom. The number of thiazole rings is 2. The van der Waals surface area contributed by atoms with E-state index in [9.17, 15) is 0 Å². The molecule has 0 radical (unpaired) electrons. The van der Waals surface area contributed by atoms with Crippen molar-refractivity contribution in [3.63, 3.8) is 0 Å². The fourth-order valence-electron chi connectivity index (χ4n) is 1.52. The van der Waals surface area contributed by atoms with Crippen LogP contribution in [-0.4, -0.2) is 9.97 Å². The molecule has 0 bridgehead atoms. The zero-order valence-corrected chi connectivity index (χ0v) is 11.3. The molecule has 0 aromatic carbocycles. The number of aromatic nitrogens is 2. The standard InChI is InChI=1S/C11H15N3S2/c1-7-11(16-9(3)14-7)6-12-4-10-5-13-8(2)15-10/h5,12H,4,6H2,1-3H3. The minimum atomic E-state index is 0.891. The Bertz CT molecular complexity index is 473. The highest BCUT2D eigenvalue weighted by Crippen LogP contribution is 2.17. The zero-order chi connectivity index (χ0) is 11.5. The van der Waals surface area contributed by atoms with Crippen molar-refractivity contribution in [2.75, 3.05) is 0 Å². The zero-order valence-electron chi connectivity index (χ0n) is 9.70. The number of hydrogen-bond acceptors (Lipinski definition) is 5. The lowest BCUT2D eigenvalue weighted by atomic mass is 10.4. The van der Waals surface area contributed by atoms with Gasteiger partial charge < -0.3 is 5.32 Å². The lowest BCUT2D eigenvalue weighted by Gasteiger charge is -2.00. The van der Waals surface area contributed by atoms with Crippen LogP contribution in [0.5, 0.6) is 0 Å². The molecule has 0 unspecified atom stereocenters. The van der Waals surface area contributed by atoms with Crippen molar-refractivity contribution < 1.29 is 0 Å². The second-order valence-corrected chi connectivity index (χ2v) is 6.30. The van der Waals surface area contributed by atoms with Gasteiger partial charge in [0.15, 0.2) is 0 Å². The van der Waals surface area contributed by atoms with E-state index in [0.717, 1.165) is 28.8 Å². The molecule has 0 atom stereocenters. The molecule has 0 saturated carbocycles. The van der Waals surface area contributed by atoms with E-state index in [1.165, 1.54) is 9.75 Å². The van der Waals surface area contributed by atoms with E-state index in [4.69, 9.17) is 0 Å². The van der Waals surface area contributed by atoms with Gasteiger partial charge in [-0.3, -0.25) is 0 Å². The summed E-state index contributed by atoms with van der Waals surface area (Å²) in [7, 11) is 0. The van der Waals surface area contributed by atoms with Gasteiger partial charge in [0.2, 0.25) is 0 Å². The molecule has 5 heteroatoms. The summed E-state index contributed by atoms with van der Waals surface area (Å²) in [5, 5.41) is 5.69. The van der Waals surface area contributed by atoms with Crippen molar-refractivity contribution >= 4 is 22.7 Å². The summed E-state index contributed by atoms with van der Waals surface area (Å²) in [6.07, 6.45) is 1.94. The van der Waals surface area contributed by atoms with E-state index >= 15 is 0 Å². The summed E-state index contributed by atoms with van der Waals surface area (Å²) in [5.41, 5.74) is 1.15. The topological polar surface area (TPSA) is 37.8 Å². The normalized spacial score (nSPS) is 10.9. The van der Waals surface area contributed by atoms with Gasteiger partial charge in [0, 0.05) is 29.0 Å². The Morgan fingerprint density at radius 3 is 2.50 bits per heavy atom. The third-order valence-electron chi connectivity index (χ3n) is 2.25. The number of rotatable bonds is 4. The predicted octanol–water partition coefficient (Wildman–Crippen LogP) is 2.81. The first kappa shape index (κ1) is 11.7. The van der Waals surface area contributed by atoms with Gasteiger partial charge >= 0.3 is 0 Å². The molecule has 86 valence electrons. The fourth-order valence-corrected chi connectivity index (χ4v) is 3.20. The third-order valence-corrected chi connectivity index (χ3v) is 4.24. The van der Waals surface area contributed by atoms with Gasteiger partial charge in [-0.15, -0.1) is 22.7 Å². The molecule has 2 heterocycles. The molecule has 1 N–H and O–H groups in total. The molecule has 0 saturated heterocycles. The van der Waals surface area contributed by atoms with Crippen LogP contribution in [0.1, 0.15) is 25.5 Å². The van der Waals surface area contributed by atoms with Crippen LogP contribution in [-0.2, 0) is 13.1 Å². The fraction of sp³-hybridized carbons (Fsp3) is 0.455. The van der Waals surface area contributed by atoms with Crippen LogP contribution < -0.4 is 5.32 Å². The van der Waals surface area contributed by atoms with Gasteiger partial charge in [0.25, 0.3) is 0 Å². The monoisotopic (exact) mass is 253 g/mol. The molecule has 0 amide bonds. The van der Waals surface area contributed by atoms with Gasteiger partial charge in [-0.25, -0.2) is 9.97 Å². The highest BCUT2D eigenvalue weighted by atomic mass is 32.1. The van der Waals surface area contributed by atoms with Crippen LogP contribution in [0, 0.1) is 20.8 Å². The number of nitrogens with one attached hydrogen (secondary N) is 1. The molecule has 2 rings (SSSR count). The smallest absolute Gasteiger partial charge is 0.0900 e.